The van der Waals surface area contributed by atoms with Crippen molar-refractivity contribution in [2.75, 3.05) is 18.8 Å². The zero-order chi connectivity index (χ0) is 11.7. The third kappa shape index (κ3) is 2.04. The highest BCUT2D eigenvalue weighted by molar-refractivity contribution is 7.99. The first kappa shape index (κ1) is 11.4. The van der Waals surface area contributed by atoms with Gasteiger partial charge in [0.05, 0.1) is 0 Å². The van der Waals surface area contributed by atoms with Crippen molar-refractivity contribution in [1.29, 1.82) is 0 Å². The van der Waals surface area contributed by atoms with Crippen molar-refractivity contribution in [3.05, 3.63) is 35.9 Å². The average molecular weight is 245 g/mol. The fourth-order valence-electron chi connectivity index (χ4n) is 2.91. The van der Waals surface area contributed by atoms with E-state index in [4.69, 9.17) is 0 Å². The van der Waals surface area contributed by atoms with Gasteiger partial charge in [0.25, 0.3) is 0 Å². The highest BCUT2D eigenvalue weighted by Gasteiger charge is 2.30. The van der Waals surface area contributed by atoms with Gasteiger partial charge in [0.15, 0.2) is 0 Å². The second kappa shape index (κ2) is 4.87. The largest absolute Gasteiger partial charge is 0.295 e. The minimum absolute atomic E-state index is 0.656. The Kier molecular flexibility index (Phi) is 3.26. The van der Waals surface area contributed by atoms with E-state index < -0.39 is 0 Å². The zero-order valence-electron chi connectivity index (χ0n) is 10.4. The quantitative estimate of drug-likeness (QED) is 0.782. The van der Waals surface area contributed by atoms with Gasteiger partial charge >= 0.3 is 0 Å². The van der Waals surface area contributed by atoms with Crippen molar-refractivity contribution in [3.8, 4) is 0 Å². The third-order valence-corrected chi connectivity index (χ3v) is 4.84. The van der Waals surface area contributed by atoms with E-state index in [1.807, 2.05) is 11.8 Å². The van der Waals surface area contributed by atoms with Crippen LogP contribution in [0.1, 0.15) is 25.3 Å². The molecule has 17 heavy (non-hydrogen) atoms. The Morgan fingerprint density at radius 2 is 2.24 bits per heavy atom. The van der Waals surface area contributed by atoms with Crippen LogP contribution >= 0.6 is 11.8 Å². The van der Waals surface area contributed by atoms with Crippen LogP contribution in [-0.4, -0.2) is 29.8 Å². The number of hydrogen-bond acceptors (Lipinski definition) is 2. The van der Waals surface area contributed by atoms with Crippen LogP contribution in [0.2, 0.25) is 0 Å². The third-order valence-electron chi connectivity index (χ3n) is 3.69. The van der Waals surface area contributed by atoms with Crippen molar-refractivity contribution in [1.82, 2.24) is 4.90 Å². The van der Waals surface area contributed by atoms with Gasteiger partial charge in [-0.2, -0.15) is 0 Å². The van der Waals surface area contributed by atoms with Gasteiger partial charge in [0.1, 0.15) is 0 Å². The van der Waals surface area contributed by atoms with E-state index in [1.165, 1.54) is 42.1 Å². The van der Waals surface area contributed by atoms with E-state index in [-0.39, 0.29) is 0 Å². The van der Waals surface area contributed by atoms with E-state index in [2.05, 4.69) is 42.2 Å². The van der Waals surface area contributed by atoms with Crippen LogP contribution in [0.5, 0.6) is 0 Å². The first-order chi connectivity index (χ1) is 8.40. The molecule has 1 aromatic carbocycles. The Morgan fingerprint density at radius 3 is 3.12 bits per heavy atom. The molecule has 1 unspecified atom stereocenters. The number of benzene rings is 1. The van der Waals surface area contributed by atoms with Crippen LogP contribution in [0, 0.1) is 0 Å². The molecule has 0 aromatic heterocycles. The predicted octanol–water partition coefficient (Wildman–Crippen LogP) is 3.66. The Morgan fingerprint density at radius 1 is 1.35 bits per heavy atom. The molecule has 0 saturated carbocycles. The second-order valence-corrected chi connectivity index (χ2v) is 5.87. The van der Waals surface area contributed by atoms with Crippen molar-refractivity contribution in [2.45, 2.75) is 30.7 Å². The molecule has 0 radical (unpaired) electrons. The fraction of sp³-hybridized carbons (Fsp3) is 0.467. The van der Waals surface area contributed by atoms with Crippen molar-refractivity contribution in [3.63, 3.8) is 0 Å². The van der Waals surface area contributed by atoms with Gasteiger partial charge < -0.3 is 0 Å². The van der Waals surface area contributed by atoms with Gasteiger partial charge in [-0.25, -0.2) is 0 Å². The minimum atomic E-state index is 0.656. The smallest absolute Gasteiger partial charge is 0.0445 e. The number of hydrogen-bond donors (Lipinski definition) is 0. The molecule has 0 amide bonds. The standard InChI is InChI=1S/C15H19NS/c1-2-9-16-10-5-7-12-13-6-3-4-8-15(13)17-11-14(12)16/h3-4,6-8,14H,2,5,9-11H2,1H3. The molecule has 1 aromatic rings. The molecule has 0 spiro atoms. The lowest BCUT2D eigenvalue weighted by molar-refractivity contribution is 0.246. The van der Waals surface area contributed by atoms with Gasteiger partial charge in [-0.05, 0) is 36.6 Å². The summed E-state index contributed by atoms with van der Waals surface area (Å²) >= 11 is 2.02. The summed E-state index contributed by atoms with van der Waals surface area (Å²) in [5.74, 6) is 1.23. The SMILES string of the molecule is CCCN1CCC=C2c3ccccc3SCC21. The van der Waals surface area contributed by atoms with Gasteiger partial charge in [0.2, 0.25) is 0 Å². The molecular weight excluding hydrogens is 226 g/mol. The van der Waals surface area contributed by atoms with Crippen molar-refractivity contribution < 1.29 is 0 Å². The molecule has 0 bridgehead atoms. The maximum absolute atomic E-state index is 2.66. The summed E-state index contributed by atoms with van der Waals surface area (Å²) in [6, 6.07) is 9.52. The Bertz CT molecular complexity index is 438. The maximum Gasteiger partial charge on any atom is 0.0445 e. The van der Waals surface area contributed by atoms with E-state index in [0.717, 1.165) is 0 Å². The molecule has 3 rings (SSSR count). The molecule has 0 aliphatic carbocycles. The van der Waals surface area contributed by atoms with E-state index in [0.29, 0.717) is 6.04 Å². The summed E-state index contributed by atoms with van der Waals surface area (Å²) < 4.78 is 0. The van der Waals surface area contributed by atoms with Crippen LogP contribution in [0.3, 0.4) is 0 Å². The Labute approximate surface area is 108 Å². The maximum atomic E-state index is 2.66. The van der Waals surface area contributed by atoms with Crippen LogP contribution in [0.4, 0.5) is 0 Å². The molecule has 1 nitrogen and oxygen atoms in total. The topological polar surface area (TPSA) is 3.24 Å². The van der Waals surface area contributed by atoms with Gasteiger partial charge in [-0.15, -0.1) is 11.8 Å². The lowest BCUT2D eigenvalue weighted by Crippen LogP contribution is -2.42. The number of nitrogens with zero attached hydrogens (tertiary/aromatic N) is 1. The first-order valence-electron chi connectivity index (χ1n) is 6.56. The van der Waals surface area contributed by atoms with Crippen LogP contribution < -0.4 is 0 Å². The molecule has 2 aliphatic rings. The minimum Gasteiger partial charge on any atom is -0.295 e. The predicted molar refractivity (Wildman–Crippen MR) is 75.4 cm³/mol. The molecule has 2 heteroatoms. The Balaban J connectivity index is 1.95. The molecule has 90 valence electrons. The van der Waals surface area contributed by atoms with Gasteiger partial charge in [0, 0.05) is 23.2 Å². The highest BCUT2D eigenvalue weighted by Crippen LogP contribution is 2.40. The fourth-order valence-corrected chi connectivity index (χ4v) is 4.16. The summed E-state index contributed by atoms with van der Waals surface area (Å²) in [5.41, 5.74) is 3.06. The van der Waals surface area contributed by atoms with E-state index in [1.54, 1.807) is 5.57 Å². The molecule has 0 N–H and O–H groups in total. The highest BCUT2D eigenvalue weighted by atomic mass is 32.2. The number of thioether (sulfide) groups is 1. The van der Waals surface area contributed by atoms with Gasteiger partial charge in [-0.1, -0.05) is 31.2 Å². The van der Waals surface area contributed by atoms with Crippen LogP contribution in [0.15, 0.2) is 35.2 Å². The summed E-state index contributed by atoms with van der Waals surface area (Å²) in [6.07, 6.45) is 4.94. The van der Waals surface area contributed by atoms with Crippen molar-refractivity contribution >= 4 is 17.3 Å². The monoisotopic (exact) mass is 245 g/mol. The molecular formula is C15H19NS. The van der Waals surface area contributed by atoms with Gasteiger partial charge in [-0.3, -0.25) is 4.90 Å². The number of rotatable bonds is 2. The molecule has 2 aliphatic heterocycles. The normalized spacial score (nSPS) is 23.8. The molecule has 0 fully saturated rings. The summed E-state index contributed by atoms with van der Waals surface area (Å²) in [4.78, 5) is 4.13. The first-order valence-corrected chi connectivity index (χ1v) is 7.55. The van der Waals surface area contributed by atoms with Crippen LogP contribution in [-0.2, 0) is 0 Å². The van der Waals surface area contributed by atoms with E-state index >= 15 is 0 Å². The average Bonchev–Trinajstić information content (AvgIpc) is 2.39. The molecule has 2 heterocycles. The molecule has 1 atom stereocenters. The second-order valence-electron chi connectivity index (χ2n) is 4.81. The Hall–Kier alpha value is -0.730. The summed E-state index contributed by atoms with van der Waals surface area (Å²) in [6.45, 7) is 4.76. The lowest BCUT2D eigenvalue weighted by Gasteiger charge is -2.39. The summed E-state index contributed by atoms with van der Waals surface area (Å²) in [5, 5.41) is 0. The van der Waals surface area contributed by atoms with E-state index in [9.17, 15) is 0 Å². The zero-order valence-corrected chi connectivity index (χ0v) is 11.2. The lowest BCUT2D eigenvalue weighted by atomic mass is 9.93. The number of fused-ring (bicyclic) bond motifs is 3. The summed E-state index contributed by atoms with van der Waals surface area (Å²) in [7, 11) is 0. The molecule has 0 saturated heterocycles. The van der Waals surface area contributed by atoms with Crippen LogP contribution in [0.25, 0.3) is 5.57 Å². The van der Waals surface area contributed by atoms with Crippen molar-refractivity contribution in [2.24, 2.45) is 0 Å².